The lowest BCUT2D eigenvalue weighted by Gasteiger charge is -2.22. The topological polar surface area (TPSA) is 84.9 Å². The Balaban J connectivity index is 2.22. The van der Waals surface area contributed by atoms with Crippen molar-refractivity contribution in [1.82, 2.24) is 5.32 Å². The van der Waals surface area contributed by atoms with Gasteiger partial charge in [0.05, 0.1) is 4.47 Å². The van der Waals surface area contributed by atoms with E-state index in [2.05, 4.69) is 21.2 Å². The number of carbonyl (C=O) groups excluding carboxylic acids is 1. The minimum absolute atomic E-state index is 0.165. The van der Waals surface area contributed by atoms with E-state index in [1.54, 1.807) is 19.1 Å². The van der Waals surface area contributed by atoms with Gasteiger partial charge in [-0.1, -0.05) is 20.3 Å². The van der Waals surface area contributed by atoms with Gasteiger partial charge in [0.25, 0.3) is 5.91 Å². The number of fused-ring (bicyclic) bond motifs is 1. The molecule has 0 spiro atoms. The number of hydrogen-bond acceptors (Lipinski definition) is 4. The molecule has 6 nitrogen and oxygen atoms in total. The van der Waals surface area contributed by atoms with Gasteiger partial charge in [-0.3, -0.25) is 4.79 Å². The zero-order valence-corrected chi connectivity index (χ0v) is 14.0. The molecule has 2 N–H and O–H groups in total. The highest BCUT2D eigenvalue weighted by Crippen LogP contribution is 2.38. The molecule has 2 rings (SSSR count). The van der Waals surface area contributed by atoms with Gasteiger partial charge < -0.3 is 19.9 Å². The van der Waals surface area contributed by atoms with Gasteiger partial charge >= 0.3 is 5.97 Å². The molecule has 0 radical (unpaired) electrons. The second-order valence-corrected chi connectivity index (χ2v) is 6.01. The van der Waals surface area contributed by atoms with E-state index in [1.807, 2.05) is 6.92 Å². The Morgan fingerprint density at radius 3 is 2.68 bits per heavy atom. The summed E-state index contributed by atoms with van der Waals surface area (Å²) in [6.07, 6.45) is 0.655. The highest BCUT2D eigenvalue weighted by Gasteiger charge is 2.27. The zero-order valence-electron chi connectivity index (χ0n) is 12.4. The molecule has 0 aliphatic carbocycles. The molecule has 0 unspecified atom stereocenters. The van der Waals surface area contributed by atoms with Crippen LogP contribution in [0.2, 0.25) is 0 Å². The van der Waals surface area contributed by atoms with E-state index in [0.29, 0.717) is 41.2 Å². The van der Waals surface area contributed by atoms with E-state index in [0.717, 1.165) is 0 Å². The molecule has 0 saturated carbocycles. The molecule has 1 aliphatic heterocycles. The third-order valence-corrected chi connectivity index (χ3v) is 4.21. The largest absolute Gasteiger partial charge is 0.486 e. The van der Waals surface area contributed by atoms with Crippen LogP contribution in [0.5, 0.6) is 11.5 Å². The Morgan fingerprint density at radius 2 is 2.05 bits per heavy atom. The van der Waals surface area contributed by atoms with Gasteiger partial charge in [0.15, 0.2) is 11.5 Å². The van der Waals surface area contributed by atoms with Crippen molar-refractivity contribution in [3.05, 3.63) is 22.2 Å². The summed E-state index contributed by atoms with van der Waals surface area (Å²) in [4.78, 5) is 23.6. The summed E-state index contributed by atoms with van der Waals surface area (Å²) in [7, 11) is 0. The third kappa shape index (κ3) is 3.52. The monoisotopic (exact) mass is 371 g/mol. The minimum atomic E-state index is -1.04. The van der Waals surface area contributed by atoms with Crippen LogP contribution in [0.3, 0.4) is 0 Å². The number of hydrogen-bond donors (Lipinski definition) is 2. The summed E-state index contributed by atoms with van der Waals surface area (Å²) in [6.45, 7) is 4.54. The second kappa shape index (κ2) is 7.00. The first-order chi connectivity index (χ1) is 10.4. The molecule has 0 aromatic heterocycles. The van der Waals surface area contributed by atoms with Crippen LogP contribution < -0.4 is 14.8 Å². The smallest absolute Gasteiger partial charge is 0.326 e. The van der Waals surface area contributed by atoms with Gasteiger partial charge in [-0.2, -0.15) is 0 Å². The number of nitrogens with one attached hydrogen (secondary N) is 1. The summed E-state index contributed by atoms with van der Waals surface area (Å²) >= 11 is 3.34. The normalized spacial score (nSPS) is 15.8. The molecule has 0 saturated heterocycles. The molecule has 2 atom stereocenters. The number of halogens is 1. The third-order valence-electron chi connectivity index (χ3n) is 3.62. The van der Waals surface area contributed by atoms with Crippen LogP contribution in [-0.2, 0) is 4.79 Å². The van der Waals surface area contributed by atoms with Crippen LogP contribution in [0.25, 0.3) is 0 Å². The Bertz CT molecular complexity index is 590. The average Bonchev–Trinajstić information content (AvgIpc) is 2.51. The quantitative estimate of drug-likeness (QED) is 0.830. The standard InChI is InChI=1S/C15H18BrNO5/c1-3-8(2)12(15(19)20)17-14(18)9-6-10(16)13-11(7-9)21-4-5-22-13/h6-8,12H,3-5H2,1-2H3,(H,17,18)(H,19,20)/t8-,12-/m0/s1. The van der Waals surface area contributed by atoms with E-state index in [1.165, 1.54) is 0 Å². The average molecular weight is 372 g/mol. The number of carboxylic acids is 1. The highest BCUT2D eigenvalue weighted by atomic mass is 79.9. The van der Waals surface area contributed by atoms with E-state index in [9.17, 15) is 14.7 Å². The van der Waals surface area contributed by atoms with Crippen LogP contribution in [0.15, 0.2) is 16.6 Å². The molecule has 1 aromatic rings. The fourth-order valence-electron chi connectivity index (χ4n) is 2.15. The fraction of sp³-hybridized carbons (Fsp3) is 0.467. The second-order valence-electron chi connectivity index (χ2n) is 5.16. The molecular weight excluding hydrogens is 354 g/mol. The first kappa shape index (κ1) is 16.6. The molecule has 0 fully saturated rings. The molecular formula is C15H18BrNO5. The van der Waals surface area contributed by atoms with Crippen LogP contribution in [0.4, 0.5) is 0 Å². The maximum atomic E-state index is 12.3. The number of ether oxygens (including phenoxy) is 2. The number of carboxylic acid groups (broad SMARTS) is 1. The fourth-order valence-corrected chi connectivity index (χ4v) is 2.71. The van der Waals surface area contributed by atoms with E-state index < -0.39 is 17.9 Å². The zero-order chi connectivity index (χ0) is 16.3. The van der Waals surface area contributed by atoms with Gasteiger partial charge in [0.1, 0.15) is 19.3 Å². The number of carbonyl (C=O) groups is 2. The van der Waals surface area contributed by atoms with Gasteiger partial charge in [0.2, 0.25) is 0 Å². The Labute approximate surface area is 136 Å². The lowest BCUT2D eigenvalue weighted by atomic mass is 9.99. The molecule has 22 heavy (non-hydrogen) atoms. The number of amides is 1. The molecule has 120 valence electrons. The summed E-state index contributed by atoms with van der Waals surface area (Å²) in [6, 6.07) is 2.23. The maximum Gasteiger partial charge on any atom is 0.326 e. The highest BCUT2D eigenvalue weighted by molar-refractivity contribution is 9.10. The Hall–Kier alpha value is -1.76. The van der Waals surface area contributed by atoms with Gasteiger partial charge in [-0.05, 0) is 34.0 Å². The van der Waals surface area contributed by atoms with E-state index in [-0.39, 0.29) is 5.92 Å². The SMILES string of the molecule is CC[C@H](C)[C@H](NC(=O)c1cc(Br)c2c(c1)OCCO2)C(=O)O. The first-order valence-electron chi connectivity index (χ1n) is 7.06. The first-order valence-corrected chi connectivity index (χ1v) is 7.86. The summed E-state index contributed by atoms with van der Waals surface area (Å²) < 4.78 is 11.5. The van der Waals surface area contributed by atoms with Crippen molar-refractivity contribution in [3.63, 3.8) is 0 Å². The summed E-state index contributed by atoms with van der Waals surface area (Å²) in [5.41, 5.74) is 0.325. The molecule has 1 amide bonds. The van der Waals surface area contributed by atoms with Gasteiger partial charge in [-0.25, -0.2) is 4.79 Å². The summed E-state index contributed by atoms with van der Waals surface area (Å²) in [5.74, 6) is -0.632. The predicted octanol–water partition coefficient (Wildman–Crippen LogP) is 2.45. The van der Waals surface area contributed by atoms with Crippen LogP contribution in [0.1, 0.15) is 30.6 Å². The van der Waals surface area contributed by atoms with Crippen molar-refractivity contribution in [2.75, 3.05) is 13.2 Å². The number of aliphatic carboxylic acids is 1. The van der Waals surface area contributed by atoms with Gasteiger partial charge in [-0.15, -0.1) is 0 Å². The van der Waals surface area contributed by atoms with Crippen molar-refractivity contribution >= 4 is 27.8 Å². The molecule has 7 heteroatoms. The predicted molar refractivity (Wildman–Crippen MR) is 83.5 cm³/mol. The van der Waals surface area contributed by atoms with Crippen molar-refractivity contribution in [2.45, 2.75) is 26.3 Å². The number of rotatable bonds is 5. The van der Waals surface area contributed by atoms with Gasteiger partial charge in [0, 0.05) is 5.56 Å². The van der Waals surface area contributed by atoms with Crippen LogP contribution >= 0.6 is 15.9 Å². The van der Waals surface area contributed by atoms with Crippen molar-refractivity contribution < 1.29 is 24.2 Å². The lowest BCUT2D eigenvalue weighted by Crippen LogP contribution is -2.45. The van der Waals surface area contributed by atoms with Crippen molar-refractivity contribution in [3.8, 4) is 11.5 Å². The van der Waals surface area contributed by atoms with E-state index >= 15 is 0 Å². The van der Waals surface area contributed by atoms with Crippen molar-refractivity contribution in [2.24, 2.45) is 5.92 Å². The van der Waals surface area contributed by atoms with Crippen LogP contribution in [0, 0.1) is 5.92 Å². The number of benzene rings is 1. The minimum Gasteiger partial charge on any atom is -0.486 e. The molecule has 0 bridgehead atoms. The molecule has 1 aliphatic rings. The Morgan fingerprint density at radius 1 is 1.36 bits per heavy atom. The molecule has 1 aromatic carbocycles. The lowest BCUT2D eigenvalue weighted by molar-refractivity contribution is -0.140. The van der Waals surface area contributed by atoms with Crippen LogP contribution in [-0.4, -0.2) is 36.2 Å². The van der Waals surface area contributed by atoms with E-state index in [4.69, 9.17) is 9.47 Å². The molecule has 1 heterocycles. The summed E-state index contributed by atoms with van der Waals surface area (Å²) in [5, 5.41) is 11.8. The maximum absolute atomic E-state index is 12.3. The van der Waals surface area contributed by atoms with Crippen molar-refractivity contribution in [1.29, 1.82) is 0 Å². The Kier molecular flexibility index (Phi) is 5.28.